The van der Waals surface area contributed by atoms with E-state index >= 15 is 0 Å². The highest BCUT2D eigenvalue weighted by atomic mass is 28.3. The molecular weight excluding hydrogens is 295 g/mol. The van der Waals surface area contributed by atoms with Gasteiger partial charge in [0, 0.05) is 8.07 Å². The van der Waals surface area contributed by atoms with Crippen molar-refractivity contribution in [2.45, 2.75) is 96.0 Å². The lowest BCUT2D eigenvalue weighted by Gasteiger charge is -2.39. The van der Waals surface area contributed by atoms with Crippen molar-refractivity contribution in [1.29, 1.82) is 0 Å². The van der Waals surface area contributed by atoms with Crippen LogP contribution in [0.2, 0.25) is 50.5 Å². The van der Waals surface area contributed by atoms with Crippen molar-refractivity contribution in [3.8, 4) is 0 Å². The fourth-order valence-corrected chi connectivity index (χ4v) is 9.18. The maximum Gasteiger partial charge on any atom is 0.184 e. The molecule has 0 saturated carbocycles. The van der Waals surface area contributed by atoms with Crippen LogP contribution in [0.3, 0.4) is 0 Å². The molecule has 124 valence electrons. The van der Waals surface area contributed by atoms with Crippen molar-refractivity contribution in [2.75, 3.05) is 0 Å². The number of allylic oxidation sites excluding steroid dienone is 1. The van der Waals surface area contributed by atoms with E-state index in [1.54, 1.807) is 5.47 Å². The van der Waals surface area contributed by atoms with Crippen molar-refractivity contribution in [2.24, 2.45) is 5.92 Å². The summed E-state index contributed by atoms with van der Waals surface area (Å²) in [6.45, 7) is 18.4. The summed E-state index contributed by atoms with van der Waals surface area (Å²) in [4.78, 5) is 0. The Bertz CT molecular complexity index is 439. The topological polar surface area (TPSA) is 0 Å². The Morgan fingerprint density at radius 2 is 1.50 bits per heavy atom. The summed E-state index contributed by atoms with van der Waals surface area (Å²) in [6, 6.07) is 0. The molecule has 0 aromatic heterocycles. The molecule has 2 heterocycles. The number of hydrogen-bond donors (Lipinski definition) is 0. The highest BCUT2D eigenvalue weighted by Crippen LogP contribution is 2.51. The van der Waals surface area contributed by atoms with E-state index in [1.807, 2.05) is 0 Å². The predicted octanol–water partition coefficient (Wildman–Crippen LogP) is 6.60. The second-order valence-electron chi connectivity index (χ2n) is 10.1. The smallest absolute Gasteiger partial charge is 0.140 e. The van der Waals surface area contributed by atoms with Gasteiger partial charge in [0.25, 0.3) is 0 Å². The molecule has 2 saturated heterocycles. The molecule has 2 bridgehead atoms. The normalized spacial score (nSPS) is 29.6. The molecule has 2 aliphatic heterocycles. The van der Waals surface area contributed by atoms with Crippen molar-refractivity contribution in [1.82, 2.24) is 0 Å². The number of hydrogen-bond acceptors (Lipinski definition) is 0. The Hall–Kier alpha value is 0.0187. The van der Waals surface area contributed by atoms with Crippen molar-refractivity contribution < 1.29 is 0 Å². The molecule has 0 amide bonds. The van der Waals surface area contributed by atoms with Crippen LogP contribution in [0, 0.1) is 5.92 Å². The summed E-state index contributed by atoms with van der Waals surface area (Å²) in [6.07, 6.45) is 8.94. The summed E-state index contributed by atoms with van der Waals surface area (Å²) >= 11 is 0. The van der Waals surface area contributed by atoms with Crippen LogP contribution in [0.5, 0.6) is 0 Å². The van der Waals surface area contributed by atoms with E-state index in [1.165, 1.54) is 38.5 Å². The van der Waals surface area contributed by atoms with E-state index in [0.29, 0.717) is 0 Å². The van der Waals surface area contributed by atoms with Gasteiger partial charge in [-0.05, 0) is 12.8 Å². The van der Waals surface area contributed by atoms with Crippen LogP contribution in [0.1, 0.15) is 45.4 Å². The van der Waals surface area contributed by atoms with Crippen molar-refractivity contribution in [3.05, 3.63) is 16.9 Å². The lowest BCUT2D eigenvalue weighted by molar-refractivity contribution is 0.411. The monoisotopic (exact) mass is 332 g/mol. The Labute approximate surface area is 142 Å². The van der Waals surface area contributed by atoms with Crippen LogP contribution in [0.4, 0.5) is 0 Å². The Morgan fingerprint density at radius 1 is 0.955 bits per heavy atom. The van der Waals surface area contributed by atoms with Gasteiger partial charge in [-0.1, -0.05) is 100 Å². The third kappa shape index (κ3) is 4.52. The maximum absolute atomic E-state index is 3.81. The fourth-order valence-electron chi connectivity index (χ4n) is 5.17. The number of fused-ring (bicyclic) bond motifs is 3. The summed E-state index contributed by atoms with van der Waals surface area (Å²) < 4.78 is 0. The largest absolute Gasteiger partial charge is 0.184 e. The molecule has 2 aliphatic rings. The molecule has 0 nitrogen and oxygen atoms in total. The third-order valence-electron chi connectivity index (χ3n) is 5.94. The maximum atomic E-state index is 3.81. The molecule has 22 heavy (non-hydrogen) atoms. The molecule has 3 heteroatoms. The third-order valence-corrected chi connectivity index (χ3v) is 9.78. The van der Waals surface area contributed by atoms with Gasteiger partial charge in [0.2, 0.25) is 0 Å². The van der Waals surface area contributed by atoms with E-state index in [0.717, 1.165) is 23.9 Å². The van der Waals surface area contributed by atoms with Gasteiger partial charge >= 0.3 is 0 Å². The molecule has 0 N–H and O–H groups in total. The van der Waals surface area contributed by atoms with Gasteiger partial charge in [0.1, 0.15) is 0 Å². The van der Waals surface area contributed by atoms with Gasteiger partial charge in [-0.25, -0.2) is 0 Å². The average molecular weight is 332 g/mol. The quantitative estimate of drug-likeness (QED) is 0.403. The van der Waals surface area contributed by atoms with E-state index in [-0.39, 0.29) is 0 Å². The first kappa shape index (κ1) is 18.4. The van der Waals surface area contributed by atoms with Crippen LogP contribution < -0.4 is 0 Å². The highest BCUT2D eigenvalue weighted by Gasteiger charge is 2.48. The zero-order chi connectivity index (χ0) is 16.5. The molecule has 0 aliphatic carbocycles. The minimum Gasteiger partial charge on any atom is -0.140 e. The number of rotatable bonds is 3. The second kappa shape index (κ2) is 6.87. The molecule has 0 radical (unpaired) electrons. The molecule has 2 rings (SSSR count). The zero-order valence-electron chi connectivity index (χ0n) is 16.1. The van der Waals surface area contributed by atoms with Gasteiger partial charge in [-0.2, -0.15) is 0 Å². The van der Waals surface area contributed by atoms with Crippen LogP contribution in [0.25, 0.3) is 0 Å². The van der Waals surface area contributed by atoms with Gasteiger partial charge in [-0.3, -0.25) is 0 Å². The lowest BCUT2D eigenvalue weighted by Crippen LogP contribution is -2.44. The fraction of sp³-hybridized carbons (Fsp3) is 0.842. The first-order valence-corrected chi connectivity index (χ1v) is 16.7. The van der Waals surface area contributed by atoms with E-state index < -0.39 is 16.1 Å². The summed E-state index contributed by atoms with van der Waals surface area (Å²) in [5.74, 6) is 1.96. The Balaban J connectivity index is 2.45. The van der Waals surface area contributed by atoms with Crippen molar-refractivity contribution >= 4 is 22.9 Å². The highest BCUT2D eigenvalue weighted by molar-refractivity contribution is 6.92. The van der Waals surface area contributed by atoms with Gasteiger partial charge in [0.05, 0.1) is 8.07 Å². The zero-order valence-corrected chi connectivity index (χ0v) is 18.1. The minimum absolute atomic E-state index is 0.842. The summed E-state index contributed by atoms with van der Waals surface area (Å²) in [5.41, 5.74) is 8.86. The summed E-state index contributed by atoms with van der Waals surface area (Å²) in [7, 11) is -2.28. The molecule has 0 spiro atoms. The van der Waals surface area contributed by atoms with Crippen LogP contribution in [-0.4, -0.2) is 22.9 Å². The lowest BCUT2D eigenvalue weighted by atomic mass is 9.33. The molecule has 1 atom stereocenters. The SMILES string of the molecule is CC(=C=C[Si](C)(C)C)B1C2CCCC(CCC2)C1[Si](C)(C)C. The van der Waals surface area contributed by atoms with Gasteiger partial charge in [0.15, 0.2) is 6.71 Å². The van der Waals surface area contributed by atoms with E-state index in [9.17, 15) is 0 Å². The van der Waals surface area contributed by atoms with Crippen LogP contribution in [0.15, 0.2) is 16.9 Å². The molecule has 2 fully saturated rings. The standard InChI is InChI=1S/C19H37BSi2/c1-16(14-15-21(2,3)4)20-18-12-8-10-17(11-9-13-18)19(20)22(5,6)7/h15,17-19H,8-13H2,1-7H3. The van der Waals surface area contributed by atoms with Gasteiger partial charge in [-0.15, -0.1) is 5.73 Å². The van der Waals surface area contributed by atoms with Crippen LogP contribution >= 0.6 is 0 Å². The molecule has 1 unspecified atom stereocenters. The molecular formula is C19H37BSi2. The predicted molar refractivity (Wildman–Crippen MR) is 108 cm³/mol. The van der Waals surface area contributed by atoms with E-state index in [4.69, 9.17) is 0 Å². The molecule has 0 aromatic carbocycles. The first-order valence-electron chi connectivity index (χ1n) is 9.54. The Morgan fingerprint density at radius 3 is 1.95 bits per heavy atom. The molecule has 0 aromatic rings. The van der Waals surface area contributed by atoms with Crippen molar-refractivity contribution in [3.63, 3.8) is 0 Å². The average Bonchev–Trinajstić information content (AvgIpc) is 2.62. The minimum atomic E-state index is -1.14. The Kier molecular flexibility index (Phi) is 5.73. The first-order chi connectivity index (χ1) is 10.1. The van der Waals surface area contributed by atoms with Crippen LogP contribution in [-0.2, 0) is 0 Å². The summed E-state index contributed by atoms with van der Waals surface area (Å²) in [5, 5.41) is 0. The van der Waals surface area contributed by atoms with Gasteiger partial charge < -0.3 is 0 Å². The van der Waals surface area contributed by atoms with E-state index in [2.05, 4.69) is 57.6 Å². The second-order valence-corrected chi connectivity index (χ2v) is 20.6.